The van der Waals surface area contributed by atoms with Crippen molar-refractivity contribution in [3.05, 3.63) is 54.1 Å². The molecule has 0 saturated carbocycles. The Labute approximate surface area is 161 Å². The Morgan fingerprint density at radius 2 is 1.93 bits per heavy atom. The van der Waals surface area contributed by atoms with Gasteiger partial charge in [0.15, 0.2) is 5.82 Å². The van der Waals surface area contributed by atoms with Crippen molar-refractivity contribution in [2.75, 3.05) is 16.4 Å². The summed E-state index contributed by atoms with van der Waals surface area (Å²) in [4.78, 5) is 27.7. The van der Waals surface area contributed by atoms with Crippen LogP contribution in [0, 0.1) is 6.92 Å². The van der Waals surface area contributed by atoms with Crippen LogP contribution in [0.5, 0.6) is 0 Å². The fourth-order valence-corrected chi connectivity index (χ4v) is 3.02. The second-order valence-electron chi connectivity index (χ2n) is 5.88. The summed E-state index contributed by atoms with van der Waals surface area (Å²) in [5.41, 5.74) is 3.29. The topological polar surface area (TPSA) is 99.8 Å². The molecule has 1 aromatic heterocycles. The number of carbonyl (C=O) groups is 2. The van der Waals surface area contributed by atoms with Crippen LogP contribution < -0.4 is 10.6 Å². The average molecular weight is 381 g/mol. The van der Waals surface area contributed by atoms with Gasteiger partial charge in [-0.3, -0.25) is 14.7 Å². The fourth-order valence-electron chi connectivity index (χ4n) is 2.42. The molecule has 3 aromatic rings. The maximum atomic E-state index is 12.1. The molecule has 0 atom stereocenters. The van der Waals surface area contributed by atoms with Crippen LogP contribution in [0.1, 0.15) is 12.5 Å². The predicted molar refractivity (Wildman–Crippen MR) is 107 cm³/mol. The maximum absolute atomic E-state index is 12.1. The number of hydrogen-bond donors (Lipinski definition) is 3. The summed E-state index contributed by atoms with van der Waals surface area (Å²) in [5.74, 6) is 0.523. The third-order valence-electron chi connectivity index (χ3n) is 3.67. The zero-order chi connectivity index (χ0) is 19.2. The number of benzene rings is 2. The molecule has 2 aromatic carbocycles. The van der Waals surface area contributed by atoms with Crippen LogP contribution in [0.4, 0.5) is 11.4 Å². The lowest BCUT2D eigenvalue weighted by Crippen LogP contribution is -2.14. The summed E-state index contributed by atoms with van der Waals surface area (Å²) in [6.07, 6.45) is 0. The monoisotopic (exact) mass is 381 g/mol. The summed E-state index contributed by atoms with van der Waals surface area (Å²) < 4.78 is 0. The number of H-pyrrole nitrogens is 1. The third-order valence-corrected chi connectivity index (χ3v) is 4.52. The number of amides is 2. The molecule has 7 nitrogen and oxygen atoms in total. The molecule has 0 aliphatic heterocycles. The van der Waals surface area contributed by atoms with Gasteiger partial charge in [-0.15, -0.1) is 5.10 Å². The van der Waals surface area contributed by atoms with Crippen LogP contribution >= 0.6 is 11.8 Å². The molecule has 0 unspecified atom stereocenters. The number of aromatic amines is 1. The molecule has 0 radical (unpaired) electrons. The van der Waals surface area contributed by atoms with Crippen LogP contribution in [0.3, 0.4) is 0 Å². The zero-order valence-electron chi connectivity index (χ0n) is 14.9. The van der Waals surface area contributed by atoms with Crippen LogP contribution in [-0.4, -0.2) is 32.7 Å². The number of nitrogens with zero attached hydrogens (tertiary/aromatic N) is 2. The lowest BCUT2D eigenvalue weighted by Gasteiger charge is -2.06. The minimum Gasteiger partial charge on any atom is -0.326 e. The zero-order valence-corrected chi connectivity index (χ0v) is 15.8. The van der Waals surface area contributed by atoms with Crippen molar-refractivity contribution in [2.24, 2.45) is 0 Å². The van der Waals surface area contributed by atoms with E-state index in [1.807, 2.05) is 43.3 Å². The van der Waals surface area contributed by atoms with Gasteiger partial charge in [0.05, 0.1) is 5.75 Å². The quantitative estimate of drug-likeness (QED) is 0.568. The Morgan fingerprint density at radius 1 is 1.11 bits per heavy atom. The first-order valence-electron chi connectivity index (χ1n) is 8.30. The maximum Gasteiger partial charge on any atom is 0.234 e. The van der Waals surface area contributed by atoms with Gasteiger partial charge in [0.1, 0.15) is 0 Å². The lowest BCUT2D eigenvalue weighted by molar-refractivity contribution is -0.114. The van der Waals surface area contributed by atoms with E-state index in [9.17, 15) is 9.59 Å². The minimum absolute atomic E-state index is 0.117. The SMILES string of the molecule is CC(=O)Nc1cccc(-c2nc(SCC(=O)Nc3ccccc3C)n[nH]2)c1. The fraction of sp³-hybridized carbons (Fsp3) is 0.158. The Hall–Kier alpha value is -3.13. The molecule has 138 valence electrons. The largest absolute Gasteiger partial charge is 0.326 e. The smallest absolute Gasteiger partial charge is 0.234 e. The molecular formula is C19H19N5O2S. The molecule has 0 bridgehead atoms. The molecule has 0 aliphatic carbocycles. The first-order valence-corrected chi connectivity index (χ1v) is 9.28. The Bertz CT molecular complexity index is 970. The van der Waals surface area contributed by atoms with Gasteiger partial charge in [0, 0.05) is 23.9 Å². The molecule has 27 heavy (non-hydrogen) atoms. The minimum atomic E-state index is -0.138. The number of aryl methyl sites for hydroxylation is 1. The average Bonchev–Trinajstić information content (AvgIpc) is 3.11. The molecular weight excluding hydrogens is 362 g/mol. The Morgan fingerprint density at radius 3 is 2.70 bits per heavy atom. The van der Waals surface area contributed by atoms with E-state index in [0.29, 0.717) is 16.7 Å². The number of aromatic nitrogens is 3. The molecule has 3 N–H and O–H groups in total. The molecule has 3 rings (SSSR count). The lowest BCUT2D eigenvalue weighted by atomic mass is 10.2. The summed E-state index contributed by atoms with van der Waals surface area (Å²) in [5, 5.41) is 13.1. The van der Waals surface area contributed by atoms with Crippen molar-refractivity contribution in [3.8, 4) is 11.4 Å². The highest BCUT2D eigenvalue weighted by molar-refractivity contribution is 7.99. The number of anilines is 2. The summed E-state index contributed by atoms with van der Waals surface area (Å²) >= 11 is 1.25. The summed E-state index contributed by atoms with van der Waals surface area (Å²) in [7, 11) is 0. The van der Waals surface area contributed by atoms with Gasteiger partial charge in [0.25, 0.3) is 0 Å². The second-order valence-corrected chi connectivity index (χ2v) is 6.82. The predicted octanol–water partition coefficient (Wildman–Crippen LogP) is 3.47. The van der Waals surface area contributed by atoms with Crippen molar-refractivity contribution in [1.29, 1.82) is 0 Å². The standard InChI is InChI=1S/C19H19N5O2S/c1-12-6-3-4-9-16(12)21-17(26)11-27-19-22-18(23-24-19)14-7-5-8-15(10-14)20-13(2)25/h3-10H,11H2,1-2H3,(H,20,25)(H,21,26)(H,22,23,24). The van der Waals surface area contributed by atoms with Crippen molar-refractivity contribution >= 4 is 35.0 Å². The van der Waals surface area contributed by atoms with E-state index in [4.69, 9.17) is 0 Å². The number of hydrogen-bond acceptors (Lipinski definition) is 5. The molecule has 0 spiro atoms. The molecule has 2 amide bonds. The first kappa shape index (κ1) is 18.7. The van der Waals surface area contributed by atoms with E-state index >= 15 is 0 Å². The van der Waals surface area contributed by atoms with Crippen LogP contribution in [0.25, 0.3) is 11.4 Å². The first-order chi connectivity index (χ1) is 13.0. The van der Waals surface area contributed by atoms with Crippen molar-refractivity contribution in [3.63, 3.8) is 0 Å². The van der Waals surface area contributed by atoms with Crippen molar-refractivity contribution in [2.45, 2.75) is 19.0 Å². The molecule has 0 saturated heterocycles. The normalized spacial score (nSPS) is 10.4. The van der Waals surface area contributed by atoms with E-state index in [0.717, 1.165) is 16.8 Å². The number of carbonyl (C=O) groups excluding carboxylic acids is 2. The van der Waals surface area contributed by atoms with Gasteiger partial charge in [-0.05, 0) is 30.7 Å². The second kappa shape index (κ2) is 8.50. The van der Waals surface area contributed by atoms with E-state index in [2.05, 4.69) is 25.8 Å². The number of rotatable bonds is 6. The molecule has 0 fully saturated rings. The van der Waals surface area contributed by atoms with Gasteiger partial charge < -0.3 is 10.6 Å². The summed E-state index contributed by atoms with van der Waals surface area (Å²) in [6, 6.07) is 14.9. The van der Waals surface area contributed by atoms with Crippen molar-refractivity contribution < 1.29 is 9.59 Å². The van der Waals surface area contributed by atoms with E-state index in [1.165, 1.54) is 18.7 Å². The van der Waals surface area contributed by atoms with Crippen LogP contribution in [-0.2, 0) is 9.59 Å². The number of nitrogens with one attached hydrogen (secondary N) is 3. The van der Waals surface area contributed by atoms with Gasteiger partial charge in [-0.1, -0.05) is 42.1 Å². The highest BCUT2D eigenvalue weighted by Crippen LogP contribution is 2.22. The van der Waals surface area contributed by atoms with Crippen LogP contribution in [0.2, 0.25) is 0 Å². The van der Waals surface area contributed by atoms with Crippen LogP contribution in [0.15, 0.2) is 53.7 Å². The summed E-state index contributed by atoms with van der Waals surface area (Å²) in [6.45, 7) is 3.40. The van der Waals surface area contributed by atoms with E-state index in [1.54, 1.807) is 12.1 Å². The van der Waals surface area contributed by atoms with E-state index in [-0.39, 0.29) is 17.6 Å². The number of thioether (sulfide) groups is 1. The highest BCUT2D eigenvalue weighted by Gasteiger charge is 2.10. The highest BCUT2D eigenvalue weighted by atomic mass is 32.2. The number of para-hydroxylation sites is 1. The Balaban J connectivity index is 1.60. The van der Waals surface area contributed by atoms with Gasteiger partial charge in [0.2, 0.25) is 17.0 Å². The molecule has 1 heterocycles. The van der Waals surface area contributed by atoms with Gasteiger partial charge in [-0.2, -0.15) is 0 Å². The molecule has 8 heteroatoms. The van der Waals surface area contributed by atoms with E-state index < -0.39 is 0 Å². The van der Waals surface area contributed by atoms with Gasteiger partial charge in [-0.25, -0.2) is 4.98 Å². The van der Waals surface area contributed by atoms with Crippen molar-refractivity contribution in [1.82, 2.24) is 15.2 Å². The molecule has 0 aliphatic rings. The third kappa shape index (κ3) is 5.18. The van der Waals surface area contributed by atoms with Gasteiger partial charge >= 0.3 is 0 Å². The Kier molecular flexibility index (Phi) is 5.87.